The van der Waals surface area contributed by atoms with Crippen molar-refractivity contribution in [2.45, 2.75) is 12.6 Å². The second kappa shape index (κ2) is 3.87. The lowest BCUT2D eigenvalue weighted by molar-refractivity contribution is -0.151. The van der Waals surface area contributed by atoms with Crippen molar-refractivity contribution in [2.24, 2.45) is 0 Å². The Morgan fingerprint density at radius 3 is 3.08 bits per heavy atom. The standard InChI is InChI=1S/C7H10N2O3/c1-12-7(11)6(10)5-9-4-2-3-8-9/h2-4,6,10H,5H2,1H3. The Balaban J connectivity index is 2.47. The van der Waals surface area contributed by atoms with Crippen LogP contribution in [0.3, 0.4) is 0 Å². The summed E-state index contributed by atoms with van der Waals surface area (Å²) in [6.07, 6.45) is 2.09. The van der Waals surface area contributed by atoms with Gasteiger partial charge < -0.3 is 9.84 Å². The predicted octanol–water partition coefficient (Wildman–Crippen LogP) is -0.583. The third-order valence-corrected chi connectivity index (χ3v) is 1.39. The lowest BCUT2D eigenvalue weighted by atomic mass is 10.4. The second-order valence-electron chi connectivity index (χ2n) is 2.27. The zero-order valence-electron chi connectivity index (χ0n) is 6.67. The molecule has 0 aliphatic rings. The summed E-state index contributed by atoms with van der Waals surface area (Å²) >= 11 is 0. The van der Waals surface area contributed by atoms with Crippen LogP contribution in [0.1, 0.15) is 0 Å². The smallest absolute Gasteiger partial charge is 0.336 e. The zero-order chi connectivity index (χ0) is 8.97. The van der Waals surface area contributed by atoms with E-state index in [9.17, 15) is 4.79 Å². The molecule has 0 amide bonds. The van der Waals surface area contributed by atoms with Crippen molar-refractivity contribution in [3.8, 4) is 0 Å². The first-order valence-electron chi connectivity index (χ1n) is 3.47. The Morgan fingerprint density at radius 2 is 2.58 bits per heavy atom. The molecule has 5 nitrogen and oxygen atoms in total. The minimum absolute atomic E-state index is 0.125. The highest BCUT2D eigenvalue weighted by Gasteiger charge is 2.15. The van der Waals surface area contributed by atoms with Crippen molar-refractivity contribution >= 4 is 5.97 Å². The van der Waals surface area contributed by atoms with Crippen molar-refractivity contribution in [1.82, 2.24) is 9.78 Å². The highest BCUT2D eigenvalue weighted by molar-refractivity contribution is 5.73. The van der Waals surface area contributed by atoms with E-state index >= 15 is 0 Å². The number of aliphatic hydroxyl groups excluding tert-OH is 1. The number of carbonyl (C=O) groups is 1. The molecule has 5 heteroatoms. The molecule has 0 spiro atoms. The number of rotatable bonds is 3. The SMILES string of the molecule is COC(=O)C(O)Cn1cccn1. The molecule has 1 unspecified atom stereocenters. The largest absolute Gasteiger partial charge is 0.467 e. The van der Waals surface area contributed by atoms with Gasteiger partial charge in [-0.25, -0.2) is 4.79 Å². The lowest BCUT2D eigenvalue weighted by Crippen LogP contribution is -2.27. The molecule has 1 aromatic heterocycles. The molecule has 0 saturated heterocycles. The van der Waals surface area contributed by atoms with Crippen LogP contribution in [0.25, 0.3) is 0 Å². The van der Waals surface area contributed by atoms with Crippen LogP contribution in [0.4, 0.5) is 0 Å². The summed E-state index contributed by atoms with van der Waals surface area (Å²) in [6.45, 7) is 0.125. The summed E-state index contributed by atoms with van der Waals surface area (Å²) in [5.74, 6) is -0.648. The summed E-state index contributed by atoms with van der Waals surface area (Å²) in [7, 11) is 1.23. The number of ether oxygens (including phenoxy) is 1. The number of esters is 1. The maximum atomic E-state index is 10.7. The van der Waals surface area contributed by atoms with Gasteiger partial charge in [0.2, 0.25) is 0 Å². The van der Waals surface area contributed by atoms with Crippen LogP contribution in [-0.2, 0) is 16.1 Å². The van der Waals surface area contributed by atoms with Gasteiger partial charge in [-0.1, -0.05) is 0 Å². The van der Waals surface area contributed by atoms with Crippen LogP contribution in [0.2, 0.25) is 0 Å². The van der Waals surface area contributed by atoms with Gasteiger partial charge >= 0.3 is 5.97 Å². The molecule has 66 valence electrons. The predicted molar refractivity (Wildman–Crippen MR) is 40.2 cm³/mol. The maximum Gasteiger partial charge on any atom is 0.336 e. The molecule has 12 heavy (non-hydrogen) atoms. The van der Waals surface area contributed by atoms with Crippen LogP contribution < -0.4 is 0 Å². The summed E-state index contributed by atoms with van der Waals surface area (Å²) in [6, 6.07) is 1.71. The Morgan fingerprint density at radius 1 is 1.83 bits per heavy atom. The average molecular weight is 170 g/mol. The number of aromatic nitrogens is 2. The molecule has 0 fully saturated rings. The molecule has 0 aliphatic heterocycles. The van der Waals surface area contributed by atoms with Crippen molar-refractivity contribution in [3.63, 3.8) is 0 Å². The number of nitrogens with zero attached hydrogens (tertiary/aromatic N) is 2. The topological polar surface area (TPSA) is 64.3 Å². The quantitative estimate of drug-likeness (QED) is 0.616. The zero-order valence-corrected chi connectivity index (χ0v) is 6.67. The summed E-state index contributed by atoms with van der Waals surface area (Å²) in [5.41, 5.74) is 0. The Bertz CT molecular complexity index is 245. The number of aliphatic hydroxyl groups is 1. The van der Waals surface area contributed by atoms with Gasteiger partial charge in [0.1, 0.15) is 0 Å². The normalized spacial score (nSPS) is 12.5. The molecule has 1 aromatic rings. The van der Waals surface area contributed by atoms with Gasteiger partial charge in [-0.3, -0.25) is 4.68 Å². The molecule has 1 atom stereocenters. The van der Waals surface area contributed by atoms with E-state index in [0.29, 0.717) is 0 Å². The van der Waals surface area contributed by atoms with Crippen molar-refractivity contribution < 1.29 is 14.6 Å². The van der Waals surface area contributed by atoms with E-state index in [1.54, 1.807) is 18.5 Å². The first-order chi connectivity index (χ1) is 5.74. The first-order valence-corrected chi connectivity index (χ1v) is 3.47. The number of carbonyl (C=O) groups excluding carboxylic acids is 1. The molecular formula is C7H10N2O3. The molecular weight excluding hydrogens is 160 g/mol. The maximum absolute atomic E-state index is 10.7. The minimum atomic E-state index is -1.14. The van der Waals surface area contributed by atoms with E-state index in [-0.39, 0.29) is 6.54 Å². The molecule has 0 aromatic carbocycles. The van der Waals surface area contributed by atoms with Gasteiger partial charge in [0, 0.05) is 12.4 Å². The molecule has 0 radical (unpaired) electrons. The molecule has 0 bridgehead atoms. The summed E-state index contributed by atoms with van der Waals surface area (Å²) in [5, 5.41) is 13.0. The van der Waals surface area contributed by atoms with Crippen LogP contribution in [0.15, 0.2) is 18.5 Å². The number of methoxy groups -OCH3 is 1. The Labute approximate surface area is 69.6 Å². The lowest BCUT2D eigenvalue weighted by Gasteiger charge is -2.07. The van der Waals surface area contributed by atoms with Crippen LogP contribution >= 0.6 is 0 Å². The third-order valence-electron chi connectivity index (χ3n) is 1.39. The first kappa shape index (κ1) is 8.73. The molecule has 1 N–H and O–H groups in total. The van der Waals surface area contributed by atoms with Gasteiger partial charge in [-0.15, -0.1) is 0 Å². The van der Waals surface area contributed by atoms with Crippen molar-refractivity contribution in [2.75, 3.05) is 7.11 Å². The van der Waals surface area contributed by atoms with Crippen LogP contribution in [0, 0.1) is 0 Å². The fourth-order valence-electron chi connectivity index (χ4n) is 0.796. The summed E-state index contributed by atoms with van der Waals surface area (Å²) < 4.78 is 5.79. The van der Waals surface area contributed by atoms with Crippen molar-refractivity contribution in [3.05, 3.63) is 18.5 Å². The molecule has 0 saturated carbocycles. The van der Waals surface area contributed by atoms with E-state index in [4.69, 9.17) is 5.11 Å². The van der Waals surface area contributed by atoms with E-state index < -0.39 is 12.1 Å². The highest BCUT2D eigenvalue weighted by atomic mass is 16.5. The van der Waals surface area contributed by atoms with E-state index in [1.807, 2.05) is 0 Å². The van der Waals surface area contributed by atoms with Gasteiger partial charge in [0.25, 0.3) is 0 Å². The third kappa shape index (κ3) is 2.06. The van der Waals surface area contributed by atoms with Crippen LogP contribution in [-0.4, -0.2) is 34.1 Å². The van der Waals surface area contributed by atoms with Gasteiger partial charge in [-0.2, -0.15) is 5.10 Å². The van der Waals surface area contributed by atoms with Crippen LogP contribution in [0.5, 0.6) is 0 Å². The van der Waals surface area contributed by atoms with Gasteiger partial charge in [0.05, 0.1) is 13.7 Å². The number of hydrogen-bond acceptors (Lipinski definition) is 4. The number of hydrogen-bond donors (Lipinski definition) is 1. The molecule has 1 rings (SSSR count). The van der Waals surface area contributed by atoms with E-state index in [2.05, 4.69) is 9.84 Å². The Kier molecular flexibility index (Phi) is 2.82. The van der Waals surface area contributed by atoms with Crippen molar-refractivity contribution in [1.29, 1.82) is 0 Å². The van der Waals surface area contributed by atoms with Gasteiger partial charge in [-0.05, 0) is 6.07 Å². The molecule has 1 heterocycles. The fraction of sp³-hybridized carbons (Fsp3) is 0.429. The van der Waals surface area contributed by atoms with E-state index in [0.717, 1.165) is 0 Å². The second-order valence-corrected chi connectivity index (χ2v) is 2.27. The fourth-order valence-corrected chi connectivity index (χ4v) is 0.796. The van der Waals surface area contributed by atoms with E-state index in [1.165, 1.54) is 11.8 Å². The average Bonchev–Trinajstić information content (AvgIpc) is 2.55. The highest BCUT2D eigenvalue weighted by Crippen LogP contribution is 1.92. The minimum Gasteiger partial charge on any atom is -0.467 e. The van der Waals surface area contributed by atoms with Gasteiger partial charge in [0.15, 0.2) is 6.10 Å². The monoisotopic (exact) mass is 170 g/mol. The Hall–Kier alpha value is -1.36. The summed E-state index contributed by atoms with van der Waals surface area (Å²) in [4.78, 5) is 10.7. The molecule has 0 aliphatic carbocycles.